The average molecular weight is 487 g/mol. The Hall–Kier alpha value is -4.17. The van der Waals surface area contributed by atoms with Crippen molar-refractivity contribution in [3.05, 3.63) is 77.7 Å². The largest absolute Gasteiger partial charge is 0.497 e. The van der Waals surface area contributed by atoms with Crippen LogP contribution in [-0.4, -0.2) is 55.3 Å². The summed E-state index contributed by atoms with van der Waals surface area (Å²) in [6.45, 7) is 4.97. The van der Waals surface area contributed by atoms with Crippen LogP contribution >= 0.6 is 0 Å². The van der Waals surface area contributed by atoms with Crippen LogP contribution < -0.4 is 14.8 Å². The molecular weight excluding hydrogens is 456 g/mol. The SMILES string of the molecule is COc1ccc(NC(=O)c2ccc(-c3ccc(-c4noc(C)n4)cc3C)cc2OCCN(C)C)cc1. The first-order valence-electron chi connectivity index (χ1n) is 11.6. The summed E-state index contributed by atoms with van der Waals surface area (Å²) in [4.78, 5) is 19.5. The van der Waals surface area contributed by atoms with E-state index in [1.54, 1.807) is 44.4 Å². The molecule has 1 N–H and O–H groups in total. The third kappa shape index (κ3) is 5.90. The van der Waals surface area contributed by atoms with Gasteiger partial charge in [0.05, 0.1) is 12.7 Å². The molecule has 3 aromatic carbocycles. The molecule has 4 rings (SSSR count). The van der Waals surface area contributed by atoms with E-state index in [0.717, 1.165) is 34.5 Å². The van der Waals surface area contributed by atoms with Gasteiger partial charge >= 0.3 is 0 Å². The van der Waals surface area contributed by atoms with Gasteiger partial charge in [-0.2, -0.15) is 4.98 Å². The first kappa shape index (κ1) is 24.9. The molecule has 0 fully saturated rings. The number of carbonyl (C=O) groups excluding carboxylic acids is 1. The summed E-state index contributed by atoms with van der Waals surface area (Å²) >= 11 is 0. The van der Waals surface area contributed by atoms with Gasteiger partial charge < -0.3 is 24.2 Å². The van der Waals surface area contributed by atoms with Crippen LogP contribution in [-0.2, 0) is 0 Å². The summed E-state index contributed by atoms with van der Waals surface area (Å²) in [5, 5.41) is 6.94. The van der Waals surface area contributed by atoms with Gasteiger partial charge in [0.1, 0.15) is 18.1 Å². The Morgan fingerprint density at radius 2 is 1.75 bits per heavy atom. The molecule has 0 aliphatic rings. The van der Waals surface area contributed by atoms with Gasteiger partial charge in [0.25, 0.3) is 5.91 Å². The quantitative estimate of drug-likeness (QED) is 0.347. The van der Waals surface area contributed by atoms with Crippen molar-refractivity contribution in [1.29, 1.82) is 0 Å². The number of likely N-dealkylation sites (N-methyl/N-ethyl adjacent to an activating group) is 1. The summed E-state index contributed by atoms with van der Waals surface area (Å²) < 4.78 is 16.4. The molecule has 0 unspecified atom stereocenters. The zero-order valence-electron chi connectivity index (χ0n) is 21.2. The van der Waals surface area contributed by atoms with Crippen LogP contribution in [0.15, 0.2) is 65.2 Å². The third-order valence-corrected chi connectivity index (χ3v) is 5.69. The molecule has 0 atom stereocenters. The van der Waals surface area contributed by atoms with Gasteiger partial charge in [-0.25, -0.2) is 0 Å². The summed E-state index contributed by atoms with van der Waals surface area (Å²) in [7, 11) is 5.56. The minimum absolute atomic E-state index is 0.244. The highest BCUT2D eigenvalue weighted by Gasteiger charge is 2.16. The van der Waals surface area contributed by atoms with Crippen LogP contribution in [0.3, 0.4) is 0 Å². The fraction of sp³-hybridized carbons (Fsp3) is 0.250. The van der Waals surface area contributed by atoms with E-state index in [4.69, 9.17) is 14.0 Å². The van der Waals surface area contributed by atoms with Crippen molar-refractivity contribution in [3.8, 4) is 34.0 Å². The maximum atomic E-state index is 13.1. The topological polar surface area (TPSA) is 89.7 Å². The minimum atomic E-state index is -0.244. The summed E-state index contributed by atoms with van der Waals surface area (Å²) in [6.07, 6.45) is 0. The number of hydrogen-bond acceptors (Lipinski definition) is 7. The molecule has 8 nitrogen and oxygen atoms in total. The van der Waals surface area contributed by atoms with Crippen molar-refractivity contribution in [1.82, 2.24) is 15.0 Å². The first-order valence-corrected chi connectivity index (χ1v) is 11.6. The Kier molecular flexibility index (Phi) is 7.65. The van der Waals surface area contributed by atoms with Crippen LogP contribution in [0.25, 0.3) is 22.5 Å². The predicted octanol–water partition coefficient (Wildman–Crippen LogP) is 5.22. The number of methoxy groups -OCH3 is 1. The van der Waals surface area contributed by atoms with Gasteiger partial charge in [-0.1, -0.05) is 23.4 Å². The molecule has 0 aliphatic carbocycles. The van der Waals surface area contributed by atoms with Crippen LogP contribution in [0, 0.1) is 13.8 Å². The monoisotopic (exact) mass is 486 g/mol. The fourth-order valence-corrected chi connectivity index (χ4v) is 3.75. The lowest BCUT2D eigenvalue weighted by Gasteiger charge is -2.16. The second-order valence-electron chi connectivity index (χ2n) is 8.71. The Morgan fingerprint density at radius 1 is 1.00 bits per heavy atom. The molecule has 0 saturated carbocycles. The lowest BCUT2D eigenvalue weighted by atomic mass is 9.96. The number of ether oxygens (including phenoxy) is 2. The number of rotatable bonds is 9. The van der Waals surface area contributed by atoms with Crippen molar-refractivity contribution in [2.75, 3.05) is 39.7 Å². The van der Waals surface area contributed by atoms with E-state index >= 15 is 0 Å². The maximum absolute atomic E-state index is 13.1. The van der Waals surface area contributed by atoms with Crippen LogP contribution in [0.4, 0.5) is 5.69 Å². The molecule has 0 bridgehead atoms. The molecule has 0 saturated heterocycles. The molecular formula is C28H30N4O4. The lowest BCUT2D eigenvalue weighted by Crippen LogP contribution is -2.21. The maximum Gasteiger partial charge on any atom is 0.259 e. The van der Waals surface area contributed by atoms with Gasteiger partial charge in [-0.3, -0.25) is 4.79 Å². The second-order valence-corrected chi connectivity index (χ2v) is 8.71. The first-order chi connectivity index (χ1) is 17.3. The molecule has 1 amide bonds. The van der Waals surface area contributed by atoms with E-state index in [1.165, 1.54) is 0 Å². The van der Waals surface area contributed by atoms with Crippen molar-refractivity contribution in [3.63, 3.8) is 0 Å². The normalized spacial score (nSPS) is 10.9. The molecule has 0 aliphatic heterocycles. The van der Waals surface area contributed by atoms with E-state index in [2.05, 4.69) is 15.5 Å². The van der Waals surface area contributed by atoms with E-state index < -0.39 is 0 Å². The molecule has 1 heterocycles. The average Bonchev–Trinajstić information content (AvgIpc) is 3.30. The predicted molar refractivity (Wildman–Crippen MR) is 140 cm³/mol. The number of aryl methyl sites for hydroxylation is 2. The summed E-state index contributed by atoms with van der Waals surface area (Å²) in [6, 6.07) is 18.9. The molecule has 36 heavy (non-hydrogen) atoms. The number of nitrogens with zero attached hydrogens (tertiary/aromatic N) is 3. The molecule has 0 spiro atoms. The number of nitrogens with one attached hydrogen (secondary N) is 1. The molecule has 0 radical (unpaired) electrons. The van der Waals surface area contributed by atoms with Gasteiger partial charge in [0, 0.05) is 24.7 Å². The number of carbonyl (C=O) groups is 1. The van der Waals surface area contributed by atoms with E-state index in [9.17, 15) is 4.79 Å². The summed E-state index contributed by atoms with van der Waals surface area (Å²) in [5.74, 6) is 2.08. The number of amides is 1. The zero-order chi connectivity index (χ0) is 25.7. The van der Waals surface area contributed by atoms with Crippen LogP contribution in [0.2, 0.25) is 0 Å². The van der Waals surface area contributed by atoms with E-state index in [1.807, 2.05) is 56.3 Å². The van der Waals surface area contributed by atoms with Gasteiger partial charge in [0.15, 0.2) is 0 Å². The van der Waals surface area contributed by atoms with E-state index in [-0.39, 0.29) is 5.91 Å². The minimum Gasteiger partial charge on any atom is -0.497 e. The van der Waals surface area contributed by atoms with Crippen molar-refractivity contribution in [2.45, 2.75) is 13.8 Å². The van der Waals surface area contributed by atoms with Crippen molar-refractivity contribution in [2.24, 2.45) is 0 Å². The highest BCUT2D eigenvalue weighted by molar-refractivity contribution is 6.06. The fourth-order valence-electron chi connectivity index (χ4n) is 3.75. The Bertz CT molecular complexity index is 1350. The van der Waals surface area contributed by atoms with Crippen molar-refractivity contribution < 1.29 is 18.8 Å². The Balaban J connectivity index is 1.63. The van der Waals surface area contributed by atoms with Crippen LogP contribution in [0.5, 0.6) is 11.5 Å². The van der Waals surface area contributed by atoms with Gasteiger partial charge in [-0.15, -0.1) is 0 Å². The molecule has 186 valence electrons. The molecule has 1 aromatic heterocycles. The highest BCUT2D eigenvalue weighted by atomic mass is 16.5. The highest BCUT2D eigenvalue weighted by Crippen LogP contribution is 2.32. The van der Waals surface area contributed by atoms with Crippen molar-refractivity contribution >= 4 is 11.6 Å². The smallest absolute Gasteiger partial charge is 0.259 e. The standard InChI is InChI=1S/C28H30N4O4/c1-18-16-21(27-29-19(2)36-31-27)7-12-24(18)20-6-13-25(26(17-20)35-15-14-32(3)4)28(33)30-22-8-10-23(34-5)11-9-22/h6-13,16-17H,14-15H2,1-5H3,(H,30,33). The van der Waals surface area contributed by atoms with Gasteiger partial charge in [0.2, 0.25) is 11.7 Å². The van der Waals surface area contributed by atoms with E-state index in [0.29, 0.717) is 35.3 Å². The number of anilines is 1. The second kappa shape index (κ2) is 11.0. The summed E-state index contributed by atoms with van der Waals surface area (Å²) in [5.41, 5.74) is 5.04. The number of benzene rings is 3. The zero-order valence-corrected chi connectivity index (χ0v) is 21.2. The number of hydrogen-bond donors (Lipinski definition) is 1. The van der Waals surface area contributed by atoms with Crippen LogP contribution in [0.1, 0.15) is 21.8 Å². The Labute approximate surface area is 210 Å². The molecule has 8 heteroatoms. The molecule has 4 aromatic rings. The van der Waals surface area contributed by atoms with Gasteiger partial charge in [-0.05, 0) is 80.2 Å². The lowest BCUT2D eigenvalue weighted by molar-refractivity contribution is 0.102. The Morgan fingerprint density at radius 3 is 2.39 bits per heavy atom. The third-order valence-electron chi connectivity index (χ3n) is 5.69. The number of aromatic nitrogens is 2.